The summed E-state index contributed by atoms with van der Waals surface area (Å²) >= 11 is 0. The molecule has 3 heterocycles. The fraction of sp³-hybridized carbons (Fsp3) is 1.00. The van der Waals surface area contributed by atoms with E-state index in [0.29, 0.717) is 66.1 Å². The lowest BCUT2D eigenvalue weighted by atomic mass is 9.67. The Morgan fingerprint density at radius 3 is 1.27 bits per heavy atom. The van der Waals surface area contributed by atoms with Gasteiger partial charge in [-0.25, -0.2) is 0 Å². The second-order valence-corrected chi connectivity index (χ2v) is 7.25. The van der Waals surface area contributed by atoms with Gasteiger partial charge in [0.05, 0.1) is 77.3 Å². The average Bonchev–Trinajstić information content (AvgIpc) is 3.14. The van der Waals surface area contributed by atoms with Gasteiger partial charge in [-0.05, 0) is 12.8 Å². The van der Waals surface area contributed by atoms with Crippen LogP contribution in [0.4, 0.5) is 0 Å². The van der Waals surface area contributed by atoms with E-state index in [1.165, 1.54) is 0 Å². The first-order valence-electron chi connectivity index (χ1n) is 9.57. The molecule has 2 bridgehead atoms. The standard InChI is InChI=1S/C18H32O8/c19-11-15-16(12-20)18-2-1-17(15,26-18)13-24-9-7-22-5-3-21-4-6-23-8-10-25-14-18/h15-16,19-20H,1-14H2/t15-,16+,17+,18-. The van der Waals surface area contributed by atoms with Crippen LogP contribution in [-0.4, -0.2) is 101 Å². The molecule has 0 spiro atoms. The molecule has 3 fully saturated rings. The van der Waals surface area contributed by atoms with Crippen LogP contribution in [0.15, 0.2) is 0 Å². The lowest BCUT2D eigenvalue weighted by Crippen LogP contribution is -2.48. The van der Waals surface area contributed by atoms with Crippen molar-refractivity contribution < 1.29 is 38.6 Å². The van der Waals surface area contributed by atoms with E-state index in [9.17, 15) is 10.2 Å². The summed E-state index contributed by atoms with van der Waals surface area (Å²) < 4.78 is 34.4. The number of aliphatic hydroxyl groups excluding tert-OH is 2. The number of ether oxygens (including phenoxy) is 6. The summed E-state index contributed by atoms with van der Waals surface area (Å²) in [6.45, 7) is 4.68. The van der Waals surface area contributed by atoms with E-state index >= 15 is 0 Å². The third-order valence-electron chi connectivity index (χ3n) is 5.79. The largest absolute Gasteiger partial charge is 0.396 e. The Kier molecular flexibility index (Phi) is 7.65. The van der Waals surface area contributed by atoms with Gasteiger partial charge in [0.15, 0.2) is 0 Å². The van der Waals surface area contributed by atoms with E-state index in [0.717, 1.165) is 12.8 Å². The highest BCUT2D eigenvalue weighted by molar-refractivity contribution is 5.14. The second kappa shape index (κ2) is 9.75. The van der Waals surface area contributed by atoms with Crippen LogP contribution in [0.2, 0.25) is 0 Å². The summed E-state index contributed by atoms with van der Waals surface area (Å²) in [6.07, 6.45) is 1.59. The lowest BCUT2D eigenvalue weighted by Gasteiger charge is -2.37. The summed E-state index contributed by atoms with van der Waals surface area (Å²) in [6, 6.07) is 0. The second-order valence-electron chi connectivity index (χ2n) is 7.25. The first-order valence-corrected chi connectivity index (χ1v) is 9.57. The molecule has 152 valence electrons. The number of hydrogen-bond donors (Lipinski definition) is 2. The molecule has 3 aliphatic heterocycles. The highest BCUT2D eigenvalue weighted by Gasteiger charge is 2.66. The molecular weight excluding hydrogens is 344 g/mol. The number of hydrogen-bond acceptors (Lipinski definition) is 8. The van der Waals surface area contributed by atoms with Crippen LogP contribution >= 0.6 is 0 Å². The van der Waals surface area contributed by atoms with Gasteiger partial charge in [-0.3, -0.25) is 0 Å². The molecule has 4 atom stereocenters. The minimum absolute atomic E-state index is 0.0344. The van der Waals surface area contributed by atoms with Crippen LogP contribution in [0.1, 0.15) is 12.8 Å². The topological polar surface area (TPSA) is 95.8 Å². The normalized spacial score (nSPS) is 40.8. The molecule has 8 heteroatoms. The van der Waals surface area contributed by atoms with Crippen molar-refractivity contribution in [1.29, 1.82) is 0 Å². The molecule has 2 N–H and O–H groups in total. The molecule has 0 amide bonds. The monoisotopic (exact) mass is 376 g/mol. The predicted octanol–water partition coefficient (Wildman–Crippen LogP) is -0.398. The Bertz CT molecular complexity index is 386. The first-order chi connectivity index (χ1) is 12.8. The molecule has 0 unspecified atom stereocenters. The first kappa shape index (κ1) is 20.4. The average molecular weight is 376 g/mol. The predicted molar refractivity (Wildman–Crippen MR) is 91.0 cm³/mol. The maximum Gasteiger partial charge on any atom is 0.0979 e. The number of rotatable bonds is 2. The molecule has 0 radical (unpaired) electrons. The molecule has 0 aliphatic carbocycles. The highest BCUT2D eigenvalue weighted by atomic mass is 16.6. The summed E-state index contributed by atoms with van der Waals surface area (Å²) in [5, 5.41) is 19.9. The molecule has 0 saturated carbocycles. The van der Waals surface area contributed by atoms with Gasteiger partial charge in [0.1, 0.15) is 0 Å². The van der Waals surface area contributed by atoms with E-state index in [2.05, 4.69) is 0 Å². The molecule has 0 aromatic rings. The minimum Gasteiger partial charge on any atom is -0.396 e. The van der Waals surface area contributed by atoms with Crippen molar-refractivity contribution in [2.75, 3.05) is 79.3 Å². The Morgan fingerprint density at radius 2 is 0.923 bits per heavy atom. The van der Waals surface area contributed by atoms with E-state index in [1.54, 1.807) is 0 Å². The van der Waals surface area contributed by atoms with Crippen LogP contribution in [0, 0.1) is 11.8 Å². The minimum atomic E-state index is -0.559. The van der Waals surface area contributed by atoms with Gasteiger partial charge >= 0.3 is 0 Å². The summed E-state index contributed by atoms with van der Waals surface area (Å²) in [7, 11) is 0. The maximum atomic E-state index is 9.94. The van der Waals surface area contributed by atoms with Crippen LogP contribution < -0.4 is 0 Å². The summed E-state index contributed by atoms with van der Waals surface area (Å²) in [5.74, 6) is -0.310. The van der Waals surface area contributed by atoms with Gasteiger partial charge in [0, 0.05) is 25.0 Å². The van der Waals surface area contributed by atoms with Gasteiger partial charge in [0.25, 0.3) is 0 Å². The van der Waals surface area contributed by atoms with Crippen molar-refractivity contribution in [1.82, 2.24) is 0 Å². The molecule has 0 aromatic carbocycles. The van der Waals surface area contributed by atoms with E-state index < -0.39 is 11.2 Å². The van der Waals surface area contributed by atoms with Gasteiger partial charge in [-0.1, -0.05) is 0 Å². The van der Waals surface area contributed by atoms with Crippen molar-refractivity contribution in [3.63, 3.8) is 0 Å². The maximum absolute atomic E-state index is 9.94. The van der Waals surface area contributed by atoms with Crippen molar-refractivity contribution in [3.05, 3.63) is 0 Å². The van der Waals surface area contributed by atoms with E-state index in [1.807, 2.05) is 0 Å². The van der Waals surface area contributed by atoms with Crippen LogP contribution in [0.5, 0.6) is 0 Å². The smallest absolute Gasteiger partial charge is 0.0979 e. The zero-order valence-corrected chi connectivity index (χ0v) is 15.4. The third kappa shape index (κ3) is 4.39. The van der Waals surface area contributed by atoms with Crippen LogP contribution in [0.3, 0.4) is 0 Å². The van der Waals surface area contributed by atoms with E-state index in [-0.39, 0.29) is 25.0 Å². The fourth-order valence-corrected chi connectivity index (χ4v) is 4.46. The number of aliphatic hydroxyl groups is 2. The summed E-state index contributed by atoms with van der Waals surface area (Å²) in [4.78, 5) is 0. The molecule has 3 aliphatic rings. The van der Waals surface area contributed by atoms with Gasteiger partial charge < -0.3 is 38.6 Å². The Hall–Kier alpha value is -0.320. The van der Waals surface area contributed by atoms with Crippen LogP contribution in [0.25, 0.3) is 0 Å². The zero-order chi connectivity index (χ0) is 18.3. The van der Waals surface area contributed by atoms with Crippen molar-refractivity contribution in [3.8, 4) is 0 Å². The molecule has 26 heavy (non-hydrogen) atoms. The van der Waals surface area contributed by atoms with Crippen molar-refractivity contribution in [2.45, 2.75) is 24.0 Å². The van der Waals surface area contributed by atoms with Crippen molar-refractivity contribution in [2.24, 2.45) is 11.8 Å². The quantitative estimate of drug-likeness (QED) is 0.672. The lowest BCUT2D eigenvalue weighted by molar-refractivity contribution is -0.135. The Morgan fingerprint density at radius 1 is 0.577 bits per heavy atom. The van der Waals surface area contributed by atoms with Gasteiger partial charge in [-0.15, -0.1) is 0 Å². The Labute approximate surface area is 154 Å². The molecule has 0 aromatic heterocycles. The third-order valence-corrected chi connectivity index (χ3v) is 5.79. The zero-order valence-electron chi connectivity index (χ0n) is 15.4. The van der Waals surface area contributed by atoms with Gasteiger partial charge in [0.2, 0.25) is 0 Å². The molecule has 8 nitrogen and oxygen atoms in total. The SMILES string of the molecule is OC[C@@H]1[C@H](CO)[C@@]23CC[C@@]1(COCCOCCOCCOCCOC2)O3. The highest BCUT2D eigenvalue weighted by Crippen LogP contribution is 2.57. The van der Waals surface area contributed by atoms with Crippen molar-refractivity contribution >= 4 is 0 Å². The Balaban J connectivity index is 1.63. The molecule has 3 rings (SSSR count). The summed E-state index contributed by atoms with van der Waals surface area (Å²) in [5.41, 5.74) is -1.12. The molecule has 3 saturated heterocycles. The fourth-order valence-electron chi connectivity index (χ4n) is 4.46. The van der Waals surface area contributed by atoms with Crippen LogP contribution in [-0.2, 0) is 28.4 Å². The molecular formula is C18H32O8. The van der Waals surface area contributed by atoms with E-state index in [4.69, 9.17) is 28.4 Å². The van der Waals surface area contributed by atoms with Gasteiger partial charge in [-0.2, -0.15) is 0 Å².